The second kappa shape index (κ2) is 6.65. The molecule has 0 saturated heterocycles. The van der Waals surface area contributed by atoms with Crippen molar-refractivity contribution < 1.29 is 19.1 Å². The first-order chi connectivity index (χ1) is 11.9. The van der Waals surface area contributed by atoms with Gasteiger partial charge in [0.2, 0.25) is 5.76 Å². The number of hydrogen-bond acceptors (Lipinski definition) is 3. The summed E-state index contributed by atoms with van der Waals surface area (Å²) in [6.45, 7) is 3.84. The monoisotopic (exact) mass is 335 g/mol. The van der Waals surface area contributed by atoms with Gasteiger partial charge in [-0.05, 0) is 61.9 Å². The highest BCUT2D eigenvalue weighted by molar-refractivity contribution is 6.04. The Bertz CT molecular complexity index is 939. The first-order valence-corrected chi connectivity index (χ1v) is 7.76. The maximum atomic E-state index is 12.3. The minimum Gasteiger partial charge on any atom is -0.475 e. The van der Waals surface area contributed by atoms with Crippen LogP contribution in [-0.4, -0.2) is 17.0 Å². The molecule has 0 radical (unpaired) electrons. The number of benzene rings is 2. The minimum atomic E-state index is -1.11. The van der Waals surface area contributed by atoms with E-state index in [-0.39, 0.29) is 11.7 Å². The molecule has 3 rings (SSSR count). The molecule has 1 aromatic heterocycles. The molecule has 0 saturated carbocycles. The van der Waals surface area contributed by atoms with Gasteiger partial charge in [-0.25, -0.2) is 4.79 Å². The van der Waals surface area contributed by atoms with Crippen LogP contribution < -0.4 is 5.32 Å². The van der Waals surface area contributed by atoms with Crippen molar-refractivity contribution in [2.75, 3.05) is 5.32 Å². The van der Waals surface area contributed by atoms with Gasteiger partial charge in [0.05, 0.1) is 0 Å². The summed E-state index contributed by atoms with van der Waals surface area (Å²) < 4.78 is 5.33. The fourth-order valence-electron chi connectivity index (χ4n) is 2.52. The number of hydrogen-bond donors (Lipinski definition) is 2. The molecule has 0 unspecified atom stereocenters. The maximum Gasteiger partial charge on any atom is 0.371 e. The van der Waals surface area contributed by atoms with E-state index in [9.17, 15) is 9.59 Å². The lowest BCUT2D eigenvalue weighted by Gasteiger charge is -2.09. The lowest BCUT2D eigenvalue weighted by molar-refractivity contribution is 0.0663. The van der Waals surface area contributed by atoms with Gasteiger partial charge in [0.25, 0.3) is 5.91 Å². The van der Waals surface area contributed by atoms with Gasteiger partial charge in [-0.2, -0.15) is 0 Å². The van der Waals surface area contributed by atoms with Crippen molar-refractivity contribution in [3.63, 3.8) is 0 Å². The van der Waals surface area contributed by atoms with Crippen molar-refractivity contribution in [3.05, 3.63) is 77.0 Å². The van der Waals surface area contributed by atoms with Gasteiger partial charge in [0.1, 0.15) is 5.76 Å². The van der Waals surface area contributed by atoms with E-state index in [0.29, 0.717) is 17.0 Å². The smallest absolute Gasteiger partial charge is 0.371 e. The van der Waals surface area contributed by atoms with Crippen LogP contribution in [0.15, 0.2) is 59.0 Å². The second-order valence-corrected chi connectivity index (χ2v) is 5.82. The third-order valence-electron chi connectivity index (χ3n) is 3.88. The molecular weight excluding hydrogens is 318 g/mol. The molecule has 0 bridgehead atoms. The average Bonchev–Trinajstić information content (AvgIpc) is 3.05. The molecule has 0 aliphatic carbocycles. The van der Waals surface area contributed by atoms with Crippen molar-refractivity contribution in [1.82, 2.24) is 0 Å². The molecule has 0 spiro atoms. The lowest BCUT2D eigenvalue weighted by atomic mass is 10.1. The maximum absolute atomic E-state index is 12.3. The molecule has 0 aliphatic heterocycles. The standard InChI is InChI=1S/C20H17NO4/c1-12-3-5-14(6-4-12)19(22)21-15-7-8-16(13(2)11-15)17-9-10-18(25-17)20(23)24/h3-11H,1-2H3,(H,21,22)(H,23,24). The zero-order valence-electron chi connectivity index (χ0n) is 13.9. The molecule has 5 nitrogen and oxygen atoms in total. The summed E-state index contributed by atoms with van der Waals surface area (Å²) in [7, 11) is 0. The van der Waals surface area contributed by atoms with E-state index in [2.05, 4.69) is 5.32 Å². The number of furan rings is 1. The number of carbonyl (C=O) groups is 2. The van der Waals surface area contributed by atoms with Gasteiger partial charge in [0, 0.05) is 16.8 Å². The van der Waals surface area contributed by atoms with Gasteiger partial charge >= 0.3 is 5.97 Å². The van der Waals surface area contributed by atoms with E-state index in [1.165, 1.54) is 6.07 Å². The number of rotatable bonds is 4. The molecule has 2 aromatic carbocycles. The Morgan fingerprint density at radius 1 is 0.960 bits per heavy atom. The van der Waals surface area contributed by atoms with Crippen LogP contribution in [0.3, 0.4) is 0 Å². The molecule has 1 heterocycles. The second-order valence-electron chi connectivity index (χ2n) is 5.82. The third kappa shape index (κ3) is 3.61. The zero-order valence-corrected chi connectivity index (χ0v) is 13.9. The van der Waals surface area contributed by atoms with Gasteiger partial charge in [-0.15, -0.1) is 0 Å². The Labute approximate surface area is 144 Å². The summed E-state index contributed by atoms with van der Waals surface area (Å²) in [6, 6.07) is 15.8. The van der Waals surface area contributed by atoms with Crippen molar-refractivity contribution >= 4 is 17.6 Å². The lowest BCUT2D eigenvalue weighted by Crippen LogP contribution is -2.11. The van der Waals surface area contributed by atoms with Crippen molar-refractivity contribution in [1.29, 1.82) is 0 Å². The number of carbonyl (C=O) groups excluding carboxylic acids is 1. The van der Waals surface area contributed by atoms with Crippen LogP contribution in [0.5, 0.6) is 0 Å². The van der Waals surface area contributed by atoms with Gasteiger partial charge < -0.3 is 14.8 Å². The van der Waals surface area contributed by atoms with Crippen LogP contribution in [0.1, 0.15) is 32.0 Å². The van der Waals surface area contributed by atoms with Crippen LogP contribution in [0.2, 0.25) is 0 Å². The molecule has 126 valence electrons. The summed E-state index contributed by atoms with van der Waals surface area (Å²) >= 11 is 0. The van der Waals surface area contributed by atoms with E-state index in [4.69, 9.17) is 9.52 Å². The van der Waals surface area contributed by atoms with E-state index in [1.807, 2.05) is 32.0 Å². The van der Waals surface area contributed by atoms with Gasteiger partial charge in [-0.1, -0.05) is 17.7 Å². The fraction of sp³-hybridized carbons (Fsp3) is 0.100. The highest BCUT2D eigenvalue weighted by Crippen LogP contribution is 2.28. The van der Waals surface area contributed by atoms with E-state index < -0.39 is 5.97 Å². The van der Waals surface area contributed by atoms with E-state index in [0.717, 1.165) is 16.7 Å². The van der Waals surface area contributed by atoms with Gasteiger partial charge in [-0.3, -0.25) is 4.79 Å². The number of anilines is 1. The summed E-state index contributed by atoms with van der Waals surface area (Å²) in [5.74, 6) is -0.915. The number of carboxylic acids is 1. The Morgan fingerprint density at radius 3 is 2.28 bits per heavy atom. The Morgan fingerprint density at radius 2 is 1.68 bits per heavy atom. The first-order valence-electron chi connectivity index (χ1n) is 7.76. The molecule has 1 amide bonds. The van der Waals surface area contributed by atoms with Crippen molar-refractivity contribution in [3.8, 4) is 11.3 Å². The number of aryl methyl sites for hydroxylation is 2. The van der Waals surface area contributed by atoms with Crippen LogP contribution in [0.25, 0.3) is 11.3 Å². The highest BCUT2D eigenvalue weighted by atomic mass is 16.4. The normalized spacial score (nSPS) is 10.5. The van der Waals surface area contributed by atoms with Crippen LogP contribution in [0.4, 0.5) is 5.69 Å². The quantitative estimate of drug-likeness (QED) is 0.735. The van der Waals surface area contributed by atoms with E-state index in [1.54, 1.807) is 30.3 Å². The number of nitrogens with one attached hydrogen (secondary N) is 1. The molecule has 3 aromatic rings. The molecule has 0 fully saturated rings. The molecule has 0 aliphatic rings. The van der Waals surface area contributed by atoms with Crippen LogP contribution in [-0.2, 0) is 0 Å². The predicted molar refractivity (Wildman–Crippen MR) is 95.0 cm³/mol. The molecule has 0 atom stereocenters. The summed E-state index contributed by atoms with van der Waals surface area (Å²) in [6.07, 6.45) is 0. The van der Waals surface area contributed by atoms with E-state index >= 15 is 0 Å². The Hall–Kier alpha value is -3.34. The Kier molecular flexibility index (Phi) is 4.39. The highest BCUT2D eigenvalue weighted by Gasteiger charge is 2.13. The molecule has 5 heteroatoms. The van der Waals surface area contributed by atoms with Crippen LogP contribution >= 0.6 is 0 Å². The molecule has 25 heavy (non-hydrogen) atoms. The third-order valence-corrected chi connectivity index (χ3v) is 3.88. The van der Waals surface area contributed by atoms with Gasteiger partial charge in [0.15, 0.2) is 0 Å². The SMILES string of the molecule is Cc1ccc(C(=O)Nc2ccc(-c3ccc(C(=O)O)o3)c(C)c2)cc1. The molecular formula is C20H17NO4. The average molecular weight is 335 g/mol. The molecule has 2 N–H and O–H groups in total. The minimum absolute atomic E-state index is 0.105. The summed E-state index contributed by atoms with van der Waals surface area (Å²) in [5.41, 5.74) is 3.99. The zero-order chi connectivity index (χ0) is 18.0. The summed E-state index contributed by atoms with van der Waals surface area (Å²) in [5, 5.41) is 11.8. The fourth-order valence-corrected chi connectivity index (χ4v) is 2.52. The largest absolute Gasteiger partial charge is 0.475 e. The number of aromatic carboxylic acids is 1. The first kappa shape index (κ1) is 16.5. The van der Waals surface area contributed by atoms with Crippen molar-refractivity contribution in [2.24, 2.45) is 0 Å². The number of amides is 1. The van der Waals surface area contributed by atoms with Crippen LogP contribution in [0, 0.1) is 13.8 Å². The number of carboxylic acid groups (broad SMARTS) is 1. The Balaban J connectivity index is 1.80. The predicted octanol–water partition coefficient (Wildman–Crippen LogP) is 4.51. The topological polar surface area (TPSA) is 79.5 Å². The summed E-state index contributed by atoms with van der Waals surface area (Å²) in [4.78, 5) is 23.2. The van der Waals surface area contributed by atoms with Crippen molar-refractivity contribution in [2.45, 2.75) is 13.8 Å².